The number of aryl methyl sites for hydroxylation is 1. The first kappa shape index (κ1) is 13.8. The molecule has 0 saturated carbocycles. The molecule has 1 aromatic carbocycles. The minimum absolute atomic E-state index is 0.157. The van der Waals surface area contributed by atoms with E-state index < -0.39 is 5.97 Å². The lowest BCUT2D eigenvalue weighted by atomic mass is 10.0. The molecule has 0 fully saturated rings. The fraction of sp³-hybridized carbons (Fsp3) is 0.125. The Morgan fingerprint density at radius 1 is 1.30 bits per heavy atom. The van der Waals surface area contributed by atoms with Crippen molar-refractivity contribution in [3.05, 3.63) is 59.4 Å². The molecule has 1 N–H and O–H groups in total. The first-order chi connectivity index (χ1) is 9.61. The van der Waals surface area contributed by atoms with Crippen molar-refractivity contribution in [3.8, 4) is 5.75 Å². The van der Waals surface area contributed by atoms with Crippen LogP contribution in [-0.2, 0) is 4.79 Å². The summed E-state index contributed by atoms with van der Waals surface area (Å²) < 4.78 is 5.24. The standard InChI is InChI=1S/C16H15NO3/c1-11-6-7-15(20-2)13(9-11)14(16(18)19)10-12-5-3-4-8-17-12/h3-10H,1-2H3,(H,18,19)/b14-10-. The van der Waals surface area contributed by atoms with Gasteiger partial charge in [-0.1, -0.05) is 17.7 Å². The van der Waals surface area contributed by atoms with Crippen LogP contribution in [0.3, 0.4) is 0 Å². The van der Waals surface area contributed by atoms with E-state index in [0.717, 1.165) is 5.56 Å². The molecule has 0 aliphatic heterocycles. The fourth-order valence-electron chi connectivity index (χ4n) is 1.90. The number of methoxy groups -OCH3 is 1. The maximum Gasteiger partial charge on any atom is 0.336 e. The molecule has 0 aliphatic rings. The molecular formula is C16H15NO3. The van der Waals surface area contributed by atoms with E-state index in [-0.39, 0.29) is 5.57 Å². The second-order valence-electron chi connectivity index (χ2n) is 4.32. The molecule has 0 saturated heterocycles. The number of benzene rings is 1. The van der Waals surface area contributed by atoms with E-state index in [1.54, 1.807) is 36.5 Å². The number of hydrogen-bond donors (Lipinski definition) is 1. The molecule has 0 atom stereocenters. The van der Waals surface area contributed by atoms with E-state index in [1.165, 1.54) is 7.11 Å². The predicted octanol–water partition coefficient (Wildman–Crippen LogP) is 3.02. The van der Waals surface area contributed by atoms with Crippen LogP contribution in [-0.4, -0.2) is 23.2 Å². The van der Waals surface area contributed by atoms with Crippen LogP contribution in [0.1, 0.15) is 16.8 Å². The first-order valence-electron chi connectivity index (χ1n) is 6.13. The van der Waals surface area contributed by atoms with Gasteiger partial charge in [-0.25, -0.2) is 4.79 Å². The second-order valence-corrected chi connectivity index (χ2v) is 4.32. The van der Waals surface area contributed by atoms with Gasteiger partial charge in [0.15, 0.2) is 0 Å². The predicted molar refractivity (Wildman–Crippen MR) is 77.5 cm³/mol. The molecule has 1 heterocycles. The number of nitrogens with zero attached hydrogens (tertiary/aromatic N) is 1. The zero-order chi connectivity index (χ0) is 14.5. The summed E-state index contributed by atoms with van der Waals surface area (Å²) in [5.41, 5.74) is 2.26. The van der Waals surface area contributed by atoms with Gasteiger partial charge in [0.25, 0.3) is 0 Å². The van der Waals surface area contributed by atoms with Gasteiger partial charge in [0, 0.05) is 11.8 Å². The van der Waals surface area contributed by atoms with Gasteiger partial charge in [-0.2, -0.15) is 0 Å². The Morgan fingerprint density at radius 3 is 2.70 bits per heavy atom. The molecule has 2 rings (SSSR count). The van der Waals surface area contributed by atoms with E-state index in [0.29, 0.717) is 17.0 Å². The van der Waals surface area contributed by atoms with Crippen molar-refractivity contribution in [3.63, 3.8) is 0 Å². The largest absolute Gasteiger partial charge is 0.496 e. The Labute approximate surface area is 117 Å². The monoisotopic (exact) mass is 269 g/mol. The number of carboxylic acid groups (broad SMARTS) is 1. The summed E-state index contributed by atoms with van der Waals surface area (Å²) in [7, 11) is 1.52. The van der Waals surface area contributed by atoms with Crippen LogP contribution < -0.4 is 4.74 Å². The highest BCUT2D eigenvalue weighted by Gasteiger charge is 2.15. The quantitative estimate of drug-likeness (QED) is 0.867. The van der Waals surface area contributed by atoms with Crippen LogP contribution in [0, 0.1) is 6.92 Å². The average Bonchev–Trinajstić information content (AvgIpc) is 2.45. The van der Waals surface area contributed by atoms with Gasteiger partial charge < -0.3 is 9.84 Å². The molecule has 20 heavy (non-hydrogen) atoms. The van der Waals surface area contributed by atoms with Gasteiger partial charge in [0.05, 0.1) is 18.4 Å². The van der Waals surface area contributed by atoms with Crippen molar-refractivity contribution >= 4 is 17.6 Å². The molecule has 1 aromatic heterocycles. The molecule has 0 bridgehead atoms. The van der Waals surface area contributed by atoms with Crippen molar-refractivity contribution in [1.29, 1.82) is 0 Å². The van der Waals surface area contributed by atoms with Gasteiger partial charge in [-0.3, -0.25) is 4.98 Å². The number of carboxylic acids is 1. The summed E-state index contributed by atoms with van der Waals surface area (Å²) >= 11 is 0. The van der Waals surface area contributed by atoms with Gasteiger partial charge in [-0.15, -0.1) is 0 Å². The number of aliphatic carboxylic acids is 1. The third kappa shape index (κ3) is 3.03. The SMILES string of the molecule is COc1ccc(C)cc1/C(=C/c1ccccn1)C(=O)O. The van der Waals surface area contributed by atoms with Crippen molar-refractivity contribution in [1.82, 2.24) is 4.98 Å². The lowest BCUT2D eigenvalue weighted by molar-refractivity contribution is -0.130. The Balaban J connectivity index is 2.58. The number of rotatable bonds is 4. The minimum atomic E-state index is -1.01. The summed E-state index contributed by atoms with van der Waals surface area (Å²) in [5.74, 6) is -0.486. The van der Waals surface area contributed by atoms with Gasteiger partial charge in [0.1, 0.15) is 5.75 Å². The number of ether oxygens (including phenoxy) is 1. The molecular weight excluding hydrogens is 254 g/mol. The van der Waals surface area contributed by atoms with E-state index in [9.17, 15) is 9.90 Å². The maximum absolute atomic E-state index is 11.5. The summed E-state index contributed by atoms with van der Waals surface area (Å²) in [4.78, 5) is 15.7. The highest BCUT2D eigenvalue weighted by Crippen LogP contribution is 2.28. The zero-order valence-electron chi connectivity index (χ0n) is 11.3. The first-order valence-corrected chi connectivity index (χ1v) is 6.13. The topological polar surface area (TPSA) is 59.4 Å². The Kier molecular flexibility index (Phi) is 4.15. The molecule has 102 valence electrons. The number of hydrogen-bond acceptors (Lipinski definition) is 3. The Hall–Kier alpha value is -2.62. The smallest absolute Gasteiger partial charge is 0.336 e. The van der Waals surface area contributed by atoms with Crippen molar-refractivity contribution in [2.45, 2.75) is 6.92 Å². The van der Waals surface area contributed by atoms with Crippen molar-refractivity contribution < 1.29 is 14.6 Å². The van der Waals surface area contributed by atoms with Gasteiger partial charge in [-0.05, 0) is 37.3 Å². The number of pyridine rings is 1. The van der Waals surface area contributed by atoms with Crippen LogP contribution in [0.15, 0.2) is 42.6 Å². The van der Waals surface area contributed by atoms with Crippen LogP contribution >= 0.6 is 0 Å². The van der Waals surface area contributed by atoms with Crippen molar-refractivity contribution in [2.24, 2.45) is 0 Å². The lowest BCUT2D eigenvalue weighted by Gasteiger charge is -2.10. The van der Waals surface area contributed by atoms with E-state index >= 15 is 0 Å². The molecule has 0 spiro atoms. The minimum Gasteiger partial charge on any atom is -0.496 e. The molecule has 0 aliphatic carbocycles. The van der Waals surface area contributed by atoms with Crippen LogP contribution in [0.5, 0.6) is 5.75 Å². The molecule has 4 heteroatoms. The summed E-state index contributed by atoms with van der Waals surface area (Å²) in [6.07, 6.45) is 3.17. The summed E-state index contributed by atoms with van der Waals surface area (Å²) in [6, 6.07) is 10.8. The summed E-state index contributed by atoms with van der Waals surface area (Å²) in [5, 5.41) is 9.45. The zero-order valence-corrected chi connectivity index (χ0v) is 11.3. The third-order valence-electron chi connectivity index (χ3n) is 2.86. The van der Waals surface area contributed by atoms with Gasteiger partial charge in [0.2, 0.25) is 0 Å². The maximum atomic E-state index is 11.5. The molecule has 0 radical (unpaired) electrons. The van der Waals surface area contributed by atoms with E-state index in [4.69, 9.17) is 4.74 Å². The number of aromatic nitrogens is 1. The second kappa shape index (κ2) is 6.02. The Bertz CT molecular complexity index is 648. The third-order valence-corrected chi connectivity index (χ3v) is 2.86. The van der Waals surface area contributed by atoms with E-state index in [2.05, 4.69) is 4.98 Å². The van der Waals surface area contributed by atoms with Gasteiger partial charge >= 0.3 is 5.97 Å². The van der Waals surface area contributed by atoms with Crippen LogP contribution in [0.25, 0.3) is 11.6 Å². The molecule has 0 unspecified atom stereocenters. The highest BCUT2D eigenvalue weighted by molar-refractivity contribution is 6.21. The molecule has 2 aromatic rings. The number of carbonyl (C=O) groups is 1. The Morgan fingerprint density at radius 2 is 2.10 bits per heavy atom. The lowest BCUT2D eigenvalue weighted by Crippen LogP contribution is -2.02. The van der Waals surface area contributed by atoms with Crippen LogP contribution in [0.4, 0.5) is 0 Å². The van der Waals surface area contributed by atoms with E-state index in [1.807, 2.05) is 19.1 Å². The van der Waals surface area contributed by atoms with Crippen LogP contribution in [0.2, 0.25) is 0 Å². The summed E-state index contributed by atoms with van der Waals surface area (Å²) in [6.45, 7) is 1.91. The highest BCUT2D eigenvalue weighted by atomic mass is 16.5. The normalized spacial score (nSPS) is 11.2. The van der Waals surface area contributed by atoms with Crippen molar-refractivity contribution in [2.75, 3.05) is 7.11 Å². The molecule has 4 nitrogen and oxygen atoms in total. The molecule has 0 amide bonds. The fourth-order valence-corrected chi connectivity index (χ4v) is 1.90. The average molecular weight is 269 g/mol.